The van der Waals surface area contributed by atoms with Crippen molar-refractivity contribution in [1.82, 2.24) is 15.0 Å². The molecular weight excluding hydrogens is 270 g/mol. The Labute approximate surface area is 126 Å². The molecule has 0 aromatic carbocycles. The third-order valence-corrected chi connectivity index (χ3v) is 2.93. The number of hydrogen-bond donors (Lipinski definition) is 2. The molecule has 1 aromatic rings. The predicted octanol–water partition coefficient (Wildman–Crippen LogP) is 2.18. The number of ether oxygens (including phenoxy) is 2. The normalized spacial score (nSPS) is 11.3. The second-order valence-corrected chi connectivity index (χ2v) is 5.49. The topological polar surface area (TPSA) is 81.2 Å². The number of nitrogens with one attached hydrogen (secondary N) is 2. The summed E-state index contributed by atoms with van der Waals surface area (Å²) in [5.41, 5.74) is 0.0900. The SMILES string of the molecule is CCNc1nc(NCC(C)(C)CCOC)nc(OCC)n1. The molecule has 0 saturated carbocycles. The lowest BCUT2D eigenvalue weighted by molar-refractivity contribution is 0.157. The second-order valence-electron chi connectivity index (χ2n) is 5.49. The highest BCUT2D eigenvalue weighted by atomic mass is 16.5. The molecule has 0 fully saturated rings. The van der Waals surface area contributed by atoms with E-state index in [9.17, 15) is 0 Å². The first kappa shape index (κ1) is 17.4. The van der Waals surface area contributed by atoms with Crippen molar-refractivity contribution in [2.24, 2.45) is 5.41 Å². The van der Waals surface area contributed by atoms with Gasteiger partial charge in [-0.05, 0) is 25.7 Å². The fourth-order valence-corrected chi connectivity index (χ4v) is 1.65. The zero-order chi connectivity index (χ0) is 15.7. The van der Waals surface area contributed by atoms with E-state index < -0.39 is 0 Å². The highest BCUT2D eigenvalue weighted by Crippen LogP contribution is 2.21. The highest BCUT2D eigenvalue weighted by molar-refractivity contribution is 5.35. The van der Waals surface area contributed by atoms with Crippen molar-refractivity contribution in [3.63, 3.8) is 0 Å². The van der Waals surface area contributed by atoms with Gasteiger partial charge in [0, 0.05) is 26.8 Å². The van der Waals surface area contributed by atoms with Crippen LogP contribution in [0, 0.1) is 5.41 Å². The first-order valence-corrected chi connectivity index (χ1v) is 7.36. The molecule has 0 amide bonds. The Morgan fingerprint density at radius 2 is 1.71 bits per heavy atom. The van der Waals surface area contributed by atoms with Crippen LogP contribution in [0.3, 0.4) is 0 Å². The summed E-state index contributed by atoms with van der Waals surface area (Å²) < 4.78 is 10.5. The van der Waals surface area contributed by atoms with Crippen molar-refractivity contribution >= 4 is 11.9 Å². The Morgan fingerprint density at radius 1 is 1.05 bits per heavy atom. The van der Waals surface area contributed by atoms with Crippen LogP contribution in [0.2, 0.25) is 0 Å². The van der Waals surface area contributed by atoms with E-state index in [-0.39, 0.29) is 5.41 Å². The Balaban J connectivity index is 2.72. The van der Waals surface area contributed by atoms with Gasteiger partial charge in [-0.15, -0.1) is 0 Å². The zero-order valence-electron chi connectivity index (χ0n) is 13.7. The molecule has 0 bridgehead atoms. The van der Waals surface area contributed by atoms with Gasteiger partial charge in [0.2, 0.25) is 11.9 Å². The Hall–Kier alpha value is -1.63. The van der Waals surface area contributed by atoms with E-state index in [1.165, 1.54) is 0 Å². The van der Waals surface area contributed by atoms with Crippen molar-refractivity contribution in [1.29, 1.82) is 0 Å². The molecule has 0 atom stereocenters. The van der Waals surface area contributed by atoms with Crippen LogP contribution in [-0.2, 0) is 4.74 Å². The summed E-state index contributed by atoms with van der Waals surface area (Å²) in [5.74, 6) is 1.04. The van der Waals surface area contributed by atoms with Crippen LogP contribution in [0.4, 0.5) is 11.9 Å². The molecular formula is C14H27N5O2. The first-order chi connectivity index (χ1) is 10.0. The maximum Gasteiger partial charge on any atom is 0.323 e. The van der Waals surface area contributed by atoms with Gasteiger partial charge in [0.25, 0.3) is 0 Å². The number of rotatable bonds is 10. The van der Waals surface area contributed by atoms with Crippen LogP contribution < -0.4 is 15.4 Å². The zero-order valence-corrected chi connectivity index (χ0v) is 13.7. The fourth-order valence-electron chi connectivity index (χ4n) is 1.65. The number of anilines is 2. The van der Waals surface area contributed by atoms with Crippen LogP contribution in [0.25, 0.3) is 0 Å². The van der Waals surface area contributed by atoms with Crippen LogP contribution in [0.1, 0.15) is 34.1 Å². The van der Waals surface area contributed by atoms with E-state index in [0.717, 1.165) is 26.1 Å². The van der Waals surface area contributed by atoms with Crippen LogP contribution in [0.5, 0.6) is 6.01 Å². The second kappa shape index (κ2) is 8.61. The molecule has 1 rings (SSSR count). The molecule has 0 radical (unpaired) electrons. The summed E-state index contributed by atoms with van der Waals surface area (Å²) in [6, 6.07) is 0.334. The van der Waals surface area contributed by atoms with Crippen LogP contribution in [0.15, 0.2) is 0 Å². The highest BCUT2D eigenvalue weighted by Gasteiger charge is 2.18. The molecule has 0 saturated heterocycles. The number of methoxy groups -OCH3 is 1. The van der Waals surface area contributed by atoms with Crippen molar-refractivity contribution < 1.29 is 9.47 Å². The molecule has 0 unspecified atom stereocenters. The molecule has 7 nitrogen and oxygen atoms in total. The van der Waals surface area contributed by atoms with Gasteiger partial charge in [0.1, 0.15) is 0 Å². The third-order valence-electron chi connectivity index (χ3n) is 2.93. The van der Waals surface area contributed by atoms with E-state index in [4.69, 9.17) is 9.47 Å². The van der Waals surface area contributed by atoms with Gasteiger partial charge in [-0.3, -0.25) is 0 Å². The van der Waals surface area contributed by atoms with E-state index >= 15 is 0 Å². The number of hydrogen-bond acceptors (Lipinski definition) is 7. The fraction of sp³-hybridized carbons (Fsp3) is 0.786. The molecule has 0 aliphatic rings. The largest absolute Gasteiger partial charge is 0.464 e. The molecule has 0 aliphatic heterocycles. The summed E-state index contributed by atoms with van der Waals surface area (Å²) in [5, 5.41) is 6.33. The predicted molar refractivity (Wildman–Crippen MR) is 83.9 cm³/mol. The van der Waals surface area contributed by atoms with Gasteiger partial charge in [-0.25, -0.2) is 0 Å². The van der Waals surface area contributed by atoms with E-state index in [2.05, 4.69) is 39.4 Å². The minimum Gasteiger partial charge on any atom is -0.464 e. The van der Waals surface area contributed by atoms with E-state index in [1.54, 1.807) is 7.11 Å². The van der Waals surface area contributed by atoms with Crippen molar-refractivity contribution in [3.8, 4) is 6.01 Å². The lowest BCUT2D eigenvalue weighted by Gasteiger charge is -2.24. The van der Waals surface area contributed by atoms with Crippen LogP contribution in [-0.4, -0.2) is 48.4 Å². The van der Waals surface area contributed by atoms with E-state index in [0.29, 0.717) is 24.5 Å². The average Bonchev–Trinajstić information content (AvgIpc) is 2.44. The summed E-state index contributed by atoms with van der Waals surface area (Å²) in [6.45, 7) is 11.0. The molecule has 0 spiro atoms. The first-order valence-electron chi connectivity index (χ1n) is 7.36. The Kier molecular flexibility index (Phi) is 7.14. The molecule has 120 valence electrons. The van der Waals surface area contributed by atoms with Crippen molar-refractivity contribution in [3.05, 3.63) is 0 Å². The quantitative estimate of drug-likeness (QED) is 0.685. The maximum absolute atomic E-state index is 5.37. The van der Waals surface area contributed by atoms with Gasteiger partial charge in [-0.2, -0.15) is 15.0 Å². The molecule has 7 heteroatoms. The minimum atomic E-state index is 0.0900. The molecule has 2 N–H and O–H groups in total. The van der Waals surface area contributed by atoms with E-state index in [1.807, 2.05) is 13.8 Å². The van der Waals surface area contributed by atoms with Gasteiger partial charge >= 0.3 is 6.01 Å². The van der Waals surface area contributed by atoms with Gasteiger partial charge < -0.3 is 20.1 Å². The summed E-state index contributed by atoms with van der Waals surface area (Å²) in [7, 11) is 1.71. The molecule has 1 aromatic heterocycles. The minimum absolute atomic E-state index is 0.0900. The summed E-state index contributed by atoms with van der Waals surface area (Å²) >= 11 is 0. The standard InChI is InChI=1S/C14H27N5O2/c1-6-15-11-17-12(19-13(18-11)21-7-2)16-10-14(3,4)8-9-20-5/h6-10H2,1-5H3,(H2,15,16,17,18,19). The maximum atomic E-state index is 5.37. The summed E-state index contributed by atoms with van der Waals surface area (Å²) in [4.78, 5) is 12.8. The monoisotopic (exact) mass is 297 g/mol. The Morgan fingerprint density at radius 3 is 2.29 bits per heavy atom. The van der Waals surface area contributed by atoms with Gasteiger partial charge in [-0.1, -0.05) is 13.8 Å². The van der Waals surface area contributed by atoms with Gasteiger partial charge in [0.05, 0.1) is 6.61 Å². The smallest absolute Gasteiger partial charge is 0.323 e. The average molecular weight is 297 g/mol. The third kappa shape index (κ3) is 6.57. The van der Waals surface area contributed by atoms with Crippen molar-refractivity contribution in [2.75, 3.05) is 44.0 Å². The molecule has 21 heavy (non-hydrogen) atoms. The van der Waals surface area contributed by atoms with Gasteiger partial charge in [0.15, 0.2) is 0 Å². The van der Waals surface area contributed by atoms with Crippen LogP contribution >= 0.6 is 0 Å². The van der Waals surface area contributed by atoms with Crippen molar-refractivity contribution in [2.45, 2.75) is 34.1 Å². The lowest BCUT2D eigenvalue weighted by atomic mass is 9.90. The Bertz CT molecular complexity index is 402. The number of nitrogens with zero attached hydrogens (tertiary/aromatic N) is 3. The molecule has 0 aliphatic carbocycles. The number of aromatic nitrogens is 3. The lowest BCUT2D eigenvalue weighted by Crippen LogP contribution is -2.25. The summed E-state index contributed by atoms with van der Waals surface area (Å²) in [6.07, 6.45) is 0.958. The molecule has 1 heterocycles.